The third kappa shape index (κ3) is 4.70. The van der Waals surface area contributed by atoms with Crippen LogP contribution in [-0.2, 0) is 6.42 Å². The molecule has 0 bridgehead atoms. The van der Waals surface area contributed by atoms with Gasteiger partial charge in [0.05, 0.1) is 10.7 Å². The lowest BCUT2D eigenvalue weighted by atomic mass is 10.1. The van der Waals surface area contributed by atoms with Gasteiger partial charge in [0.1, 0.15) is 5.82 Å². The Morgan fingerprint density at radius 2 is 1.71 bits per heavy atom. The molecule has 0 saturated heterocycles. The molecule has 0 aliphatic carbocycles. The largest absolute Gasteiger partial charge is 0.370 e. The first-order valence-corrected chi connectivity index (χ1v) is 8.31. The van der Waals surface area contributed by atoms with E-state index in [0.717, 1.165) is 30.9 Å². The molecule has 0 saturated carbocycles. The molecule has 0 spiro atoms. The van der Waals surface area contributed by atoms with Crippen molar-refractivity contribution >= 4 is 29.1 Å². The van der Waals surface area contributed by atoms with Gasteiger partial charge in [-0.3, -0.25) is 0 Å². The third-order valence-corrected chi connectivity index (χ3v) is 3.90. The highest BCUT2D eigenvalue weighted by Crippen LogP contribution is 2.23. The van der Waals surface area contributed by atoms with Crippen molar-refractivity contribution in [2.45, 2.75) is 12.8 Å². The Bertz CT molecular complexity index is 777. The number of anilines is 3. The zero-order valence-electron chi connectivity index (χ0n) is 13.2. The van der Waals surface area contributed by atoms with Gasteiger partial charge in [0.25, 0.3) is 0 Å². The average Bonchev–Trinajstić information content (AvgIpc) is 2.62. The van der Waals surface area contributed by atoms with Gasteiger partial charge in [0.15, 0.2) is 0 Å². The van der Waals surface area contributed by atoms with Crippen LogP contribution in [0.1, 0.15) is 12.0 Å². The van der Waals surface area contributed by atoms with E-state index < -0.39 is 0 Å². The van der Waals surface area contributed by atoms with Crippen LogP contribution in [-0.4, -0.2) is 16.5 Å². The summed E-state index contributed by atoms with van der Waals surface area (Å²) in [5.41, 5.74) is 2.14. The summed E-state index contributed by atoms with van der Waals surface area (Å²) < 4.78 is 0. The molecule has 0 atom stereocenters. The first-order chi connectivity index (χ1) is 11.8. The van der Waals surface area contributed by atoms with Crippen LogP contribution >= 0.6 is 11.6 Å². The average molecular weight is 339 g/mol. The number of rotatable bonds is 7. The lowest BCUT2D eigenvalue weighted by molar-refractivity contribution is 0.858. The summed E-state index contributed by atoms with van der Waals surface area (Å²) in [4.78, 5) is 8.69. The summed E-state index contributed by atoms with van der Waals surface area (Å²) in [5.74, 6) is 1.32. The van der Waals surface area contributed by atoms with E-state index in [2.05, 4.69) is 44.9 Å². The minimum atomic E-state index is 0.524. The SMILES string of the molecule is Clc1ccccc1Nc1nccc(NCCCc2ccccc2)n1. The molecule has 0 fully saturated rings. The molecule has 24 heavy (non-hydrogen) atoms. The first-order valence-electron chi connectivity index (χ1n) is 7.94. The molecule has 0 aliphatic rings. The molecule has 0 radical (unpaired) electrons. The monoisotopic (exact) mass is 338 g/mol. The smallest absolute Gasteiger partial charge is 0.229 e. The maximum Gasteiger partial charge on any atom is 0.229 e. The molecule has 2 N–H and O–H groups in total. The first kappa shape index (κ1) is 16.3. The van der Waals surface area contributed by atoms with Crippen molar-refractivity contribution in [3.05, 3.63) is 77.4 Å². The summed E-state index contributed by atoms with van der Waals surface area (Å²) in [5, 5.41) is 7.11. The van der Waals surface area contributed by atoms with Gasteiger partial charge < -0.3 is 10.6 Å². The molecule has 0 aliphatic heterocycles. The zero-order chi connectivity index (χ0) is 16.6. The van der Waals surface area contributed by atoms with Crippen LogP contribution in [0.2, 0.25) is 5.02 Å². The molecule has 1 heterocycles. The second-order valence-corrected chi connectivity index (χ2v) is 5.79. The molecule has 0 unspecified atom stereocenters. The fourth-order valence-corrected chi connectivity index (χ4v) is 2.54. The van der Waals surface area contributed by atoms with Gasteiger partial charge in [-0.2, -0.15) is 4.98 Å². The van der Waals surface area contributed by atoms with Crippen molar-refractivity contribution in [2.24, 2.45) is 0 Å². The lowest BCUT2D eigenvalue weighted by Gasteiger charge is -2.09. The summed E-state index contributed by atoms with van der Waals surface area (Å²) in [6.07, 6.45) is 3.82. The number of halogens is 1. The molecule has 122 valence electrons. The van der Waals surface area contributed by atoms with Crippen molar-refractivity contribution in [2.75, 3.05) is 17.2 Å². The molecule has 1 aromatic heterocycles. The van der Waals surface area contributed by atoms with E-state index in [-0.39, 0.29) is 0 Å². The van der Waals surface area contributed by atoms with Gasteiger partial charge in [-0.25, -0.2) is 4.98 Å². The van der Waals surface area contributed by atoms with Gasteiger partial charge >= 0.3 is 0 Å². The lowest BCUT2D eigenvalue weighted by Crippen LogP contribution is -2.06. The molecule has 4 nitrogen and oxygen atoms in total. The van der Waals surface area contributed by atoms with E-state index in [0.29, 0.717) is 11.0 Å². The summed E-state index contributed by atoms with van der Waals surface area (Å²) in [7, 11) is 0. The third-order valence-electron chi connectivity index (χ3n) is 3.57. The fraction of sp³-hybridized carbons (Fsp3) is 0.158. The maximum absolute atomic E-state index is 6.14. The van der Waals surface area contributed by atoms with Crippen LogP contribution in [0.25, 0.3) is 0 Å². The van der Waals surface area contributed by atoms with Crippen molar-refractivity contribution in [1.29, 1.82) is 0 Å². The number of nitrogens with one attached hydrogen (secondary N) is 2. The van der Waals surface area contributed by atoms with E-state index in [1.807, 2.05) is 36.4 Å². The van der Waals surface area contributed by atoms with Crippen LogP contribution in [0.3, 0.4) is 0 Å². The predicted octanol–water partition coefficient (Wildman–Crippen LogP) is 4.92. The molecule has 0 amide bonds. The van der Waals surface area contributed by atoms with Crippen LogP contribution < -0.4 is 10.6 Å². The minimum absolute atomic E-state index is 0.524. The number of benzene rings is 2. The highest BCUT2D eigenvalue weighted by Gasteiger charge is 2.03. The number of nitrogens with zero attached hydrogens (tertiary/aromatic N) is 2. The second kappa shape index (κ2) is 8.31. The molecule has 5 heteroatoms. The topological polar surface area (TPSA) is 49.8 Å². The van der Waals surface area contributed by atoms with Crippen LogP contribution in [0.4, 0.5) is 17.5 Å². The van der Waals surface area contributed by atoms with Crippen molar-refractivity contribution in [1.82, 2.24) is 9.97 Å². The van der Waals surface area contributed by atoms with Gasteiger partial charge in [-0.1, -0.05) is 54.1 Å². The Morgan fingerprint density at radius 3 is 2.54 bits per heavy atom. The van der Waals surface area contributed by atoms with Crippen molar-refractivity contribution < 1.29 is 0 Å². The minimum Gasteiger partial charge on any atom is -0.370 e. The van der Waals surface area contributed by atoms with E-state index in [4.69, 9.17) is 11.6 Å². The normalized spacial score (nSPS) is 10.4. The fourth-order valence-electron chi connectivity index (χ4n) is 2.35. The van der Waals surface area contributed by atoms with Crippen LogP contribution in [0.5, 0.6) is 0 Å². The standard InChI is InChI=1S/C19H19ClN4/c20-16-10-4-5-11-17(16)23-19-22-14-12-18(24-19)21-13-6-9-15-7-2-1-3-8-15/h1-5,7-8,10-12,14H,6,9,13H2,(H2,21,22,23,24). The van der Waals surface area contributed by atoms with E-state index in [9.17, 15) is 0 Å². The van der Waals surface area contributed by atoms with E-state index in [1.54, 1.807) is 6.20 Å². The molecule has 3 aromatic rings. The quantitative estimate of drug-likeness (QED) is 0.600. The van der Waals surface area contributed by atoms with Crippen LogP contribution in [0, 0.1) is 0 Å². The Hall–Kier alpha value is -2.59. The Labute approximate surface area is 146 Å². The molecule has 2 aromatic carbocycles. The van der Waals surface area contributed by atoms with E-state index >= 15 is 0 Å². The van der Waals surface area contributed by atoms with E-state index in [1.165, 1.54) is 5.56 Å². The summed E-state index contributed by atoms with van der Waals surface area (Å²) in [6, 6.07) is 19.9. The zero-order valence-corrected chi connectivity index (χ0v) is 14.0. The Kier molecular flexibility index (Phi) is 5.64. The highest BCUT2D eigenvalue weighted by atomic mass is 35.5. The number of aryl methyl sites for hydroxylation is 1. The Balaban J connectivity index is 1.53. The second-order valence-electron chi connectivity index (χ2n) is 5.39. The van der Waals surface area contributed by atoms with Gasteiger partial charge in [0.2, 0.25) is 5.95 Å². The number of aromatic nitrogens is 2. The van der Waals surface area contributed by atoms with Gasteiger partial charge in [0, 0.05) is 12.7 Å². The predicted molar refractivity (Wildman–Crippen MR) is 100 cm³/mol. The number of hydrogen-bond donors (Lipinski definition) is 2. The molecular weight excluding hydrogens is 320 g/mol. The summed E-state index contributed by atoms with van der Waals surface area (Å²) >= 11 is 6.14. The van der Waals surface area contributed by atoms with Gasteiger partial charge in [-0.05, 0) is 36.6 Å². The highest BCUT2D eigenvalue weighted by molar-refractivity contribution is 6.33. The molecule has 3 rings (SSSR count). The molecular formula is C19H19ClN4. The maximum atomic E-state index is 6.14. The van der Waals surface area contributed by atoms with Crippen LogP contribution in [0.15, 0.2) is 66.9 Å². The Morgan fingerprint density at radius 1 is 0.917 bits per heavy atom. The van der Waals surface area contributed by atoms with Crippen molar-refractivity contribution in [3.8, 4) is 0 Å². The number of para-hydroxylation sites is 1. The summed E-state index contributed by atoms with van der Waals surface area (Å²) in [6.45, 7) is 0.859. The van der Waals surface area contributed by atoms with Crippen molar-refractivity contribution in [3.63, 3.8) is 0 Å². The number of hydrogen-bond acceptors (Lipinski definition) is 4. The van der Waals surface area contributed by atoms with Gasteiger partial charge in [-0.15, -0.1) is 0 Å².